The molecule has 0 radical (unpaired) electrons. The highest BCUT2D eigenvalue weighted by Gasteiger charge is 2.17. The Bertz CT molecular complexity index is 2470. The Balaban J connectivity index is 1.40. The van der Waals surface area contributed by atoms with Crippen molar-refractivity contribution >= 4 is 87.1 Å². The van der Waals surface area contributed by atoms with Gasteiger partial charge in [-0.2, -0.15) is 4.33 Å². The fourth-order valence-electron chi connectivity index (χ4n) is 4.64. The number of rotatable bonds is 10. The van der Waals surface area contributed by atoms with Crippen LogP contribution in [0.25, 0.3) is 21.5 Å². The van der Waals surface area contributed by atoms with Gasteiger partial charge in [-0.25, -0.2) is 25.3 Å². The van der Waals surface area contributed by atoms with Gasteiger partial charge in [0, 0.05) is 27.4 Å². The van der Waals surface area contributed by atoms with Crippen molar-refractivity contribution in [3.63, 3.8) is 0 Å². The molecule has 5 aromatic carbocycles. The van der Waals surface area contributed by atoms with Crippen LogP contribution in [0.1, 0.15) is 20.7 Å². The van der Waals surface area contributed by atoms with E-state index < -0.39 is 56.9 Å². The molecule has 20 heteroatoms. The second-order valence-corrected chi connectivity index (χ2v) is 14.6. The molecule has 250 valence electrons. The van der Waals surface area contributed by atoms with Gasteiger partial charge >= 0.3 is 0 Å². The van der Waals surface area contributed by atoms with Crippen molar-refractivity contribution in [3.8, 4) is 0 Å². The zero-order chi connectivity index (χ0) is 35.0. The minimum Gasteiger partial charge on any atom is -0.744 e. The summed E-state index contributed by atoms with van der Waals surface area (Å²) < 4.78 is 109. The normalized spacial score (nSPS) is 12.2. The first kappa shape index (κ1) is 34.8. The highest BCUT2D eigenvalue weighted by molar-refractivity contribution is 7.94. The van der Waals surface area contributed by atoms with E-state index in [1.54, 1.807) is 0 Å². The first-order valence-electron chi connectivity index (χ1n) is 12.8. The Hall–Kier alpha value is -4.48. The van der Waals surface area contributed by atoms with Crippen LogP contribution >= 0.6 is 12.0 Å². The fraction of sp³-hybridized carbons (Fsp3) is 0. The maximum absolute atomic E-state index is 13.1. The van der Waals surface area contributed by atoms with Crippen molar-refractivity contribution in [2.45, 2.75) is 19.6 Å². The summed E-state index contributed by atoms with van der Waals surface area (Å²) in [7, 11) is -15.3. The van der Waals surface area contributed by atoms with Crippen LogP contribution in [0.2, 0.25) is 0 Å². The summed E-state index contributed by atoms with van der Waals surface area (Å²) >= 11 is 0.354. The summed E-state index contributed by atoms with van der Waals surface area (Å²) in [5, 5.41) is 18.4. The third-order valence-corrected chi connectivity index (χ3v) is 9.78. The number of nitrogens with one attached hydrogen (secondary N) is 2. The first-order chi connectivity index (χ1) is 22.4. The monoisotopic (exact) mass is 732 g/mol. The number of amides is 2. The van der Waals surface area contributed by atoms with Gasteiger partial charge in [0.15, 0.2) is 0 Å². The third kappa shape index (κ3) is 7.79. The second-order valence-electron chi connectivity index (χ2n) is 9.79. The molecule has 16 nitrogen and oxygen atoms in total. The maximum atomic E-state index is 13.1. The molecule has 0 spiro atoms. The van der Waals surface area contributed by atoms with E-state index >= 15 is 0 Å². The van der Waals surface area contributed by atoms with Crippen LogP contribution in [0.5, 0.6) is 0 Å². The molecule has 2 amide bonds. The fourth-order valence-corrected chi connectivity index (χ4v) is 7.22. The molecule has 0 aliphatic heterocycles. The van der Waals surface area contributed by atoms with Gasteiger partial charge in [0.25, 0.3) is 11.8 Å². The van der Waals surface area contributed by atoms with Gasteiger partial charge in [0.2, 0.25) is 0 Å². The predicted molar refractivity (Wildman–Crippen MR) is 162 cm³/mol. The lowest BCUT2D eigenvalue weighted by atomic mass is 10.1. The van der Waals surface area contributed by atoms with E-state index in [2.05, 4.69) is 20.0 Å². The molecule has 5 aromatic rings. The molecule has 0 heterocycles. The van der Waals surface area contributed by atoms with E-state index in [9.17, 15) is 53.8 Å². The van der Waals surface area contributed by atoms with Crippen LogP contribution in [-0.4, -0.2) is 50.7 Å². The molecule has 0 atom stereocenters. The quantitative estimate of drug-likeness (QED) is 0.0903. The van der Waals surface area contributed by atoms with Crippen molar-refractivity contribution in [1.29, 1.82) is 0 Å². The topological polar surface area (TPSA) is 271 Å². The average molecular weight is 733 g/mol. The molecular weight excluding hydrogens is 717 g/mol. The van der Waals surface area contributed by atoms with Crippen molar-refractivity contribution in [3.05, 3.63) is 96.1 Å². The van der Waals surface area contributed by atoms with Crippen LogP contribution in [0.3, 0.4) is 0 Å². The summed E-state index contributed by atoms with van der Waals surface area (Å²) in [6, 6.07) is 16.6. The van der Waals surface area contributed by atoms with Crippen molar-refractivity contribution in [2.75, 3.05) is 10.6 Å². The minimum absolute atomic E-state index is 0.00460. The molecule has 0 saturated heterocycles. The predicted octanol–water partition coefficient (Wildman–Crippen LogP) is 2.44. The lowest BCUT2D eigenvalue weighted by Gasteiger charge is -2.16. The van der Waals surface area contributed by atoms with Gasteiger partial charge < -0.3 is 29.5 Å². The molecule has 0 saturated carbocycles. The Morgan fingerprint density at radius 1 is 0.604 bits per heavy atom. The van der Waals surface area contributed by atoms with Crippen molar-refractivity contribution < 1.29 is 63.1 Å². The standard InChI is InChI=1S/C28H20N2O14S4/c31-27(29-19-4-6-23-17(9-19)11-21(45-44-43-33)13-25(23)47(37,38)39)15-2-1-3-16(8-15)28(32)30-20-5-7-24-18(10-20)12-22(46(34,35)36)14-26(24)48(40,41)42/h1-14,33H,(H,29,31)(H,30,32)(H,34,35,36)(H,37,38,39)(H,40,41,42)/p-4. The maximum Gasteiger partial charge on any atom is 0.255 e. The third-order valence-electron chi connectivity index (χ3n) is 6.66. The van der Waals surface area contributed by atoms with Gasteiger partial charge in [-0.15, -0.1) is 0 Å². The van der Waals surface area contributed by atoms with Gasteiger partial charge in [-0.3, -0.25) is 14.6 Å². The Labute approximate surface area is 275 Å². The van der Waals surface area contributed by atoms with Gasteiger partial charge in [0.1, 0.15) is 30.4 Å². The number of anilines is 2. The van der Waals surface area contributed by atoms with Crippen LogP contribution < -0.4 is 15.9 Å². The van der Waals surface area contributed by atoms with E-state index in [-0.39, 0.29) is 48.9 Å². The molecule has 0 bridgehead atoms. The Kier molecular flexibility index (Phi) is 9.58. The Morgan fingerprint density at radius 3 is 1.58 bits per heavy atom. The molecule has 0 aliphatic carbocycles. The number of hydrogen-bond acceptors (Lipinski definition) is 15. The van der Waals surface area contributed by atoms with Crippen LogP contribution in [-0.2, 0) is 39.7 Å². The lowest BCUT2D eigenvalue weighted by Crippen LogP contribution is -2.15. The minimum atomic E-state index is -5.19. The zero-order valence-corrected chi connectivity index (χ0v) is 26.7. The highest BCUT2D eigenvalue weighted by atomic mass is 32.2. The highest BCUT2D eigenvalue weighted by Crippen LogP contribution is 2.33. The molecular formula is C28H16N2O14S4-4. The Morgan fingerprint density at radius 2 is 1.10 bits per heavy atom. The molecule has 0 unspecified atom stereocenters. The second kappa shape index (κ2) is 13.2. The summed E-state index contributed by atoms with van der Waals surface area (Å²) in [6.07, 6.45) is 0. The molecule has 0 fully saturated rings. The van der Waals surface area contributed by atoms with Crippen molar-refractivity contribution in [2.24, 2.45) is 0 Å². The van der Waals surface area contributed by atoms with E-state index in [4.69, 9.17) is 0 Å². The van der Waals surface area contributed by atoms with Gasteiger partial charge in [-0.05, 0) is 88.3 Å². The van der Waals surface area contributed by atoms with E-state index in [0.29, 0.717) is 18.1 Å². The summed E-state index contributed by atoms with van der Waals surface area (Å²) in [5.41, 5.74) is 0.171. The number of carbonyl (C=O) groups is 2. The van der Waals surface area contributed by atoms with Crippen LogP contribution in [0, 0.1) is 0 Å². The lowest BCUT2D eigenvalue weighted by molar-refractivity contribution is -0.777. The summed E-state index contributed by atoms with van der Waals surface area (Å²) in [4.78, 5) is 23.7. The zero-order valence-electron chi connectivity index (χ0n) is 23.4. The van der Waals surface area contributed by atoms with Crippen molar-refractivity contribution in [1.82, 2.24) is 0 Å². The average Bonchev–Trinajstić information content (AvgIpc) is 3.01. The number of benzene rings is 5. The molecule has 0 aliphatic rings. The molecule has 2 N–H and O–H groups in total. The number of hydrogen-bond donors (Lipinski definition) is 2. The largest absolute Gasteiger partial charge is 0.744 e. The van der Waals surface area contributed by atoms with E-state index in [1.807, 2.05) is 0 Å². The molecule has 5 rings (SSSR count). The van der Waals surface area contributed by atoms with Crippen LogP contribution in [0.4, 0.5) is 11.4 Å². The smallest absolute Gasteiger partial charge is 0.255 e. The van der Waals surface area contributed by atoms with E-state index in [1.165, 1.54) is 54.6 Å². The number of fused-ring (bicyclic) bond motifs is 2. The summed E-state index contributed by atoms with van der Waals surface area (Å²) in [6.45, 7) is 0. The molecule has 0 aromatic heterocycles. The van der Waals surface area contributed by atoms with E-state index in [0.717, 1.165) is 24.3 Å². The SMILES string of the molecule is O=C(Nc1ccc2c(S(=O)(=O)[O-])cc(SOO[O-])cc2c1)c1cccc(C(=O)Nc2ccc3c(S(=O)(=O)[O-])cc(S(=O)(=O)[O-])cc3c2)c1. The number of carbonyl (C=O) groups excluding carboxylic acids is 2. The van der Waals surface area contributed by atoms with Crippen LogP contribution in [0.15, 0.2) is 105 Å². The van der Waals surface area contributed by atoms with Gasteiger partial charge in [-0.1, -0.05) is 18.2 Å². The summed E-state index contributed by atoms with van der Waals surface area (Å²) in [5.74, 6) is -1.45. The first-order valence-corrected chi connectivity index (χ1v) is 17.8. The molecule has 48 heavy (non-hydrogen) atoms. The van der Waals surface area contributed by atoms with Gasteiger partial charge in [0.05, 0.1) is 26.7 Å².